The lowest BCUT2D eigenvalue weighted by molar-refractivity contribution is -0.165. The van der Waals surface area contributed by atoms with Crippen molar-refractivity contribution in [3.05, 3.63) is 35.4 Å². The molecule has 2 aliphatic heterocycles. The van der Waals surface area contributed by atoms with Crippen LogP contribution in [-0.4, -0.2) is 41.2 Å². The van der Waals surface area contributed by atoms with Crippen LogP contribution in [0.2, 0.25) is 0 Å². The zero-order valence-corrected chi connectivity index (χ0v) is 14.8. The second-order valence-corrected chi connectivity index (χ2v) is 7.44. The first-order valence-corrected chi connectivity index (χ1v) is 8.98. The van der Waals surface area contributed by atoms with Gasteiger partial charge in [0.1, 0.15) is 5.60 Å². The van der Waals surface area contributed by atoms with Crippen molar-refractivity contribution >= 4 is 5.91 Å². The van der Waals surface area contributed by atoms with E-state index in [-0.39, 0.29) is 24.3 Å². The van der Waals surface area contributed by atoms with Gasteiger partial charge in [-0.15, -0.1) is 0 Å². The highest BCUT2D eigenvalue weighted by molar-refractivity contribution is 5.85. The third kappa shape index (κ3) is 3.74. The van der Waals surface area contributed by atoms with Crippen LogP contribution in [0.25, 0.3) is 0 Å². The molecule has 0 bridgehead atoms. The highest BCUT2D eigenvalue weighted by Crippen LogP contribution is 2.37. The molecule has 7 heteroatoms. The minimum absolute atomic E-state index is 0.0942. The maximum Gasteiger partial charge on any atom is 0.416 e. The molecule has 0 saturated carbocycles. The number of aliphatic hydroxyl groups is 1. The van der Waals surface area contributed by atoms with Crippen LogP contribution in [0.5, 0.6) is 0 Å². The highest BCUT2D eigenvalue weighted by Gasteiger charge is 2.43. The van der Waals surface area contributed by atoms with Crippen molar-refractivity contribution in [1.82, 2.24) is 4.90 Å². The summed E-state index contributed by atoms with van der Waals surface area (Å²) in [6, 6.07) is 4.82. The highest BCUT2D eigenvalue weighted by atomic mass is 19.4. The van der Waals surface area contributed by atoms with Gasteiger partial charge in [0.2, 0.25) is 0 Å². The number of carbonyl (C=O) groups excluding carboxylic acids is 1. The van der Waals surface area contributed by atoms with Crippen LogP contribution in [0.1, 0.15) is 50.2 Å². The minimum atomic E-state index is -4.45. The summed E-state index contributed by atoms with van der Waals surface area (Å²) < 4.78 is 44.5. The lowest BCUT2D eigenvalue weighted by Crippen LogP contribution is -2.54. The van der Waals surface area contributed by atoms with Gasteiger partial charge in [-0.05, 0) is 56.7 Å². The summed E-state index contributed by atoms with van der Waals surface area (Å²) >= 11 is 0. The fourth-order valence-electron chi connectivity index (χ4n) is 3.79. The average molecular weight is 371 g/mol. The summed E-state index contributed by atoms with van der Waals surface area (Å²) in [7, 11) is 0. The van der Waals surface area contributed by atoms with Gasteiger partial charge in [-0.3, -0.25) is 4.79 Å². The Hall–Kier alpha value is -1.60. The summed E-state index contributed by atoms with van der Waals surface area (Å²) in [5.41, 5.74) is -2.71. The van der Waals surface area contributed by atoms with Gasteiger partial charge in [0.05, 0.1) is 11.2 Å². The molecule has 1 aromatic rings. The van der Waals surface area contributed by atoms with Crippen LogP contribution in [-0.2, 0) is 21.3 Å². The summed E-state index contributed by atoms with van der Waals surface area (Å²) in [6.45, 7) is 2.95. The number of rotatable bonds is 2. The fraction of sp³-hybridized carbons (Fsp3) is 0.632. The molecular formula is C19H24F3NO3. The van der Waals surface area contributed by atoms with Crippen LogP contribution < -0.4 is 0 Å². The van der Waals surface area contributed by atoms with Crippen LogP contribution in [0.15, 0.2) is 24.3 Å². The maximum absolute atomic E-state index is 12.9. The Morgan fingerprint density at radius 1 is 1.19 bits per heavy atom. The second kappa shape index (κ2) is 6.85. The molecule has 26 heavy (non-hydrogen) atoms. The number of ether oxygens (including phenoxy) is 1. The van der Waals surface area contributed by atoms with Gasteiger partial charge in [0, 0.05) is 19.7 Å². The van der Waals surface area contributed by atoms with Gasteiger partial charge < -0.3 is 14.7 Å². The molecule has 2 heterocycles. The summed E-state index contributed by atoms with van der Waals surface area (Å²) in [5.74, 6) is -0.0942. The van der Waals surface area contributed by atoms with E-state index in [0.717, 1.165) is 25.0 Å². The molecule has 0 radical (unpaired) electrons. The number of hydrogen-bond donors (Lipinski definition) is 1. The standard InChI is InChI=1S/C19H24F3NO3/c1-17(7-2-3-12-26-17)16(24)23-10-8-18(25,9-11-23)14-5-4-6-15(13-14)19(20,21)22/h4-6,13,25H,2-3,7-12H2,1H3/t17-/m0/s1. The third-order valence-corrected chi connectivity index (χ3v) is 5.53. The first-order chi connectivity index (χ1) is 12.1. The van der Waals surface area contributed by atoms with Gasteiger partial charge in [-0.1, -0.05) is 12.1 Å². The van der Waals surface area contributed by atoms with E-state index in [1.807, 2.05) is 0 Å². The number of benzene rings is 1. The fourth-order valence-corrected chi connectivity index (χ4v) is 3.79. The van der Waals surface area contributed by atoms with E-state index in [2.05, 4.69) is 0 Å². The van der Waals surface area contributed by atoms with Gasteiger partial charge in [0.15, 0.2) is 0 Å². The Morgan fingerprint density at radius 2 is 1.88 bits per heavy atom. The van der Waals surface area contributed by atoms with Gasteiger partial charge in [-0.2, -0.15) is 13.2 Å². The first-order valence-electron chi connectivity index (χ1n) is 8.98. The zero-order chi connectivity index (χ0) is 19.0. The van der Waals surface area contributed by atoms with Gasteiger partial charge >= 0.3 is 6.18 Å². The Balaban J connectivity index is 1.70. The second-order valence-electron chi connectivity index (χ2n) is 7.44. The van der Waals surface area contributed by atoms with Gasteiger partial charge in [0.25, 0.3) is 5.91 Å². The molecule has 144 valence electrons. The number of likely N-dealkylation sites (tertiary alicyclic amines) is 1. The number of piperidine rings is 1. The van der Waals surface area contributed by atoms with E-state index in [9.17, 15) is 23.1 Å². The molecule has 1 atom stereocenters. The van der Waals surface area contributed by atoms with E-state index in [1.165, 1.54) is 12.1 Å². The molecule has 2 fully saturated rings. The summed E-state index contributed by atoms with van der Waals surface area (Å²) in [6.07, 6.45) is -1.50. The number of amides is 1. The third-order valence-electron chi connectivity index (χ3n) is 5.53. The lowest BCUT2D eigenvalue weighted by atomic mass is 9.83. The van der Waals surface area contributed by atoms with Crippen molar-refractivity contribution in [2.24, 2.45) is 0 Å². The lowest BCUT2D eigenvalue weighted by Gasteiger charge is -2.43. The Labute approximate surface area is 150 Å². The number of carbonyl (C=O) groups is 1. The molecule has 0 unspecified atom stereocenters. The minimum Gasteiger partial charge on any atom is -0.385 e. The monoisotopic (exact) mass is 371 g/mol. The molecule has 0 aromatic heterocycles. The molecule has 1 N–H and O–H groups in total. The van der Waals surface area contributed by atoms with Crippen LogP contribution in [0, 0.1) is 0 Å². The van der Waals surface area contributed by atoms with E-state index in [1.54, 1.807) is 11.8 Å². The van der Waals surface area contributed by atoms with Crippen molar-refractivity contribution in [1.29, 1.82) is 0 Å². The normalized spacial score (nSPS) is 26.6. The molecule has 0 aliphatic carbocycles. The van der Waals surface area contributed by atoms with E-state index in [4.69, 9.17) is 4.74 Å². The largest absolute Gasteiger partial charge is 0.416 e. The van der Waals surface area contributed by atoms with E-state index < -0.39 is 22.9 Å². The van der Waals surface area contributed by atoms with E-state index in [0.29, 0.717) is 26.1 Å². The average Bonchev–Trinajstić information content (AvgIpc) is 2.62. The quantitative estimate of drug-likeness (QED) is 0.866. The predicted molar refractivity (Wildman–Crippen MR) is 89.4 cm³/mol. The van der Waals surface area contributed by atoms with Crippen molar-refractivity contribution in [2.75, 3.05) is 19.7 Å². The smallest absolute Gasteiger partial charge is 0.385 e. The Bertz CT molecular complexity index is 660. The van der Waals surface area contributed by atoms with Crippen molar-refractivity contribution in [3.63, 3.8) is 0 Å². The van der Waals surface area contributed by atoms with Crippen molar-refractivity contribution in [3.8, 4) is 0 Å². The van der Waals surface area contributed by atoms with Crippen LogP contribution >= 0.6 is 0 Å². The van der Waals surface area contributed by atoms with Gasteiger partial charge in [-0.25, -0.2) is 0 Å². The number of hydrogen-bond acceptors (Lipinski definition) is 3. The predicted octanol–water partition coefficient (Wildman–Crippen LogP) is 3.47. The molecule has 1 aromatic carbocycles. The van der Waals surface area contributed by atoms with Crippen molar-refractivity contribution in [2.45, 2.75) is 56.4 Å². The van der Waals surface area contributed by atoms with Crippen molar-refractivity contribution < 1.29 is 27.8 Å². The topological polar surface area (TPSA) is 49.8 Å². The molecule has 4 nitrogen and oxygen atoms in total. The molecular weight excluding hydrogens is 347 g/mol. The SMILES string of the molecule is C[C@@]1(C(=O)N2CCC(O)(c3cccc(C(F)(F)F)c3)CC2)CCCCO1. The molecule has 3 rings (SSSR count). The summed E-state index contributed by atoms with van der Waals surface area (Å²) in [4.78, 5) is 14.4. The molecule has 2 saturated heterocycles. The van der Waals surface area contributed by atoms with Crippen LogP contribution in [0.3, 0.4) is 0 Å². The number of alkyl halides is 3. The zero-order valence-electron chi connectivity index (χ0n) is 14.8. The number of halogens is 3. The molecule has 2 aliphatic rings. The van der Waals surface area contributed by atoms with E-state index >= 15 is 0 Å². The number of nitrogens with zero attached hydrogens (tertiary/aromatic N) is 1. The first kappa shape index (κ1) is 19.2. The molecule has 0 spiro atoms. The molecule has 1 amide bonds. The maximum atomic E-state index is 12.9. The summed E-state index contributed by atoms with van der Waals surface area (Å²) in [5, 5.41) is 10.9. The van der Waals surface area contributed by atoms with Crippen LogP contribution in [0.4, 0.5) is 13.2 Å². The Morgan fingerprint density at radius 3 is 2.46 bits per heavy atom. The Kier molecular flexibility index (Phi) is 5.05.